The van der Waals surface area contributed by atoms with E-state index in [2.05, 4.69) is 11.1 Å². The second-order valence-corrected chi connectivity index (χ2v) is 7.80. The zero-order valence-corrected chi connectivity index (χ0v) is 15.5. The molecule has 0 radical (unpaired) electrons. The average molecular weight is 359 g/mol. The summed E-state index contributed by atoms with van der Waals surface area (Å²) in [6.45, 7) is 1.71. The quantitative estimate of drug-likeness (QED) is 0.740. The first kappa shape index (κ1) is 17.4. The number of rotatable bonds is 5. The van der Waals surface area contributed by atoms with Gasteiger partial charge in [-0.3, -0.25) is 4.79 Å². The molecule has 1 aliphatic heterocycles. The second-order valence-electron chi connectivity index (χ2n) is 5.91. The van der Waals surface area contributed by atoms with Crippen molar-refractivity contribution in [3.8, 4) is 0 Å². The van der Waals surface area contributed by atoms with Gasteiger partial charge in [0, 0.05) is 29.9 Å². The van der Waals surface area contributed by atoms with Gasteiger partial charge in [-0.15, -0.1) is 23.5 Å². The van der Waals surface area contributed by atoms with Gasteiger partial charge in [0.05, 0.1) is 10.6 Å². The van der Waals surface area contributed by atoms with Crippen LogP contribution in [-0.4, -0.2) is 40.9 Å². The number of carbonyl (C=O) groups excluding carboxylic acids is 1. The van der Waals surface area contributed by atoms with E-state index in [0.29, 0.717) is 5.92 Å². The van der Waals surface area contributed by atoms with E-state index in [0.717, 1.165) is 47.2 Å². The van der Waals surface area contributed by atoms with Crippen LogP contribution in [0.15, 0.2) is 58.6 Å². The van der Waals surface area contributed by atoms with E-state index in [-0.39, 0.29) is 5.91 Å². The maximum Gasteiger partial charge on any atom is 0.254 e. The zero-order valence-electron chi connectivity index (χ0n) is 13.9. The maximum atomic E-state index is 12.8. The van der Waals surface area contributed by atoms with Crippen molar-refractivity contribution >= 4 is 29.4 Å². The Morgan fingerprint density at radius 1 is 1.17 bits per heavy atom. The van der Waals surface area contributed by atoms with E-state index < -0.39 is 0 Å². The molecular formula is C19H22N2OS2. The van der Waals surface area contributed by atoms with Gasteiger partial charge in [0.1, 0.15) is 0 Å². The molecule has 2 aromatic rings. The fourth-order valence-electron chi connectivity index (χ4n) is 2.93. The molecule has 24 heavy (non-hydrogen) atoms. The van der Waals surface area contributed by atoms with Gasteiger partial charge in [-0.05, 0) is 49.3 Å². The van der Waals surface area contributed by atoms with E-state index in [1.807, 2.05) is 65.5 Å². The number of pyridine rings is 1. The van der Waals surface area contributed by atoms with Gasteiger partial charge in [0.2, 0.25) is 0 Å². The third-order valence-electron chi connectivity index (χ3n) is 4.34. The number of likely N-dealkylation sites (tertiary alicyclic amines) is 1. The standard InChI is InChI=1S/C19H22N2OS2/c1-23-17-7-3-2-6-16(17)19(22)21-12-9-15(10-13-21)14-24-18-8-4-5-11-20-18/h2-8,11,15H,9-10,12-14H2,1H3. The number of nitrogens with zero attached hydrogens (tertiary/aromatic N) is 2. The number of thioether (sulfide) groups is 2. The van der Waals surface area contributed by atoms with Gasteiger partial charge in [-0.25, -0.2) is 4.98 Å². The fraction of sp³-hybridized carbons (Fsp3) is 0.368. The van der Waals surface area contributed by atoms with Crippen LogP contribution in [0.4, 0.5) is 0 Å². The molecule has 1 aliphatic rings. The summed E-state index contributed by atoms with van der Waals surface area (Å²) in [5.41, 5.74) is 0.839. The van der Waals surface area contributed by atoms with E-state index in [1.54, 1.807) is 11.8 Å². The third-order valence-corrected chi connectivity index (χ3v) is 6.31. The molecule has 1 amide bonds. The number of hydrogen-bond acceptors (Lipinski definition) is 4. The molecule has 1 aromatic heterocycles. The van der Waals surface area contributed by atoms with Crippen LogP contribution in [0.25, 0.3) is 0 Å². The SMILES string of the molecule is CSc1ccccc1C(=O)N1CCC(CSc2ccccn2)CC1. The number of amides is 1. The Morgan fingerprint density at radius 3 is 2.62 bits per heavy atom. The van der Waals surface area contributed by atoms with Crippen LogP contribution in [0.3, 0.4) is 0 Å². The number of hydrogen-bond donors (Lipinski definition) is 0. The van der Waals surface area contributed by atoms with Crippen molar-refractivity contribution in [1.82, 2.24) is 9.88 Å². The third kappa shape index (κ3) is 4.33. The minimum atomic E-state index is 0.177. The summed E-state index contributed by atoms with van der Waals surface area (Å²) in [5.74, 6) is 1.92. The van der Waals surface area contributed by atoms with Crippen LogP contribution in [0.5, 0.6) is 0 Å². The molecule has 3 nitrogen and oxygen atoms in total. The van der Waals surface area contributed by atoms with Crippen LogP contribution >= 0.6 is 23.5 Å². The maximum absolute atomic E-state index is 12.8. The molecule has 0 aliphatic carbocycles. The molecule has 1 saturated heterocycles. The predicted molar refractivity (Wildman–Crippen MR) is 102 cm³/mol. The van der Waals surface area contributed by atoms with E-state index in [1.165, 1.54) is 0 Å². The summed E-state index contributed by atoms with van der Waals surface area (Å²) in [4.78, 5) is 20.2. The Kier molecular flexibility index (Phi) is 6.21. The highest BCUT2D eigenvalue weighted by Crippen LogP contribution is 2.27. The number of piperidine rings is 1. The lowest BCUT2D eigenvalue weighted by Crippen LogP contribution is -2.39. The number of benzene rings is 1. The van der Waals surface area contributed by atoms with Gasteiger partial charge < -0.3 is 4.90 Å². The van der Waals surface area contributed by atoms with Crippen molar-refractivity contribution in [2.45, 2.75) is 22.8 Å². The average Bonchev–Trinajstić information content (AvgIpc) is 2.67. The van der Waals surface area contributed by atoms with E-state index in [4.69, 9.17) is 0 Å². The number of carbonyl (C=O) groups is 1. The highest BCUT2D eigenvalue weighted by molar-refractivity contribution is 7.99. The zero-order chi connectivity index (χ0) is 16.8. The molecule has 5 heteroatoms. The lowest BCUT2D eigenvalue weighted by atomic mass is 9.98. The molecular weight excluding hydrogens is 336 g/mol. The molecule has 0 unspecified atom stereocenters. The van der Waals surface area contributed by atoms with Gasteiger partial charge in [0.15, 0.2) is 0 Å². The molecule has 1 aromatic carbocycles. The lowest BCUT2D eigenvalue weighted by Gasteiger charge is -2.32. The summed E-state index contributed by atoms with van der Waals surface area (Å²) in [5, 5.41) is 1.09. The van der Waals surface area contributed by atoms with Crippen LogP contribution in [0.2, 0.25) is 0 Å². The largest absolute Gasteiger partial charge is 0.339 e. The Morgan fingerprint density at radius 2 is 1.92 bits per heavy atom. The predicted octanol–water partition coefficient (Wildman–Crippen LogP) is 4.45. The number of aromatic nitrogens is 1. The molecule has 1 fully saturated rings. The Labute approximate surface area is 152 Å². The Balaban J connectivity index is 1.52. The fourth-order valence-corrected chi connectivity index (χ4v) is 4.57. The summed E-state index contributed by atoms with van der Waals surface area (Å²) in [6.07, 6.45) is 6.01. The summed E-state index contributed by atoms with van der Waals surface area (Å²) < 4.78 is 0. The lowest BCUT2D eigenvalue weighted by molar-refractivity contribution is 0.0695. The van der Waals surface area contributed by atoms with Gasteiger partial charge in [0.25, 0.3) is 5.91 Å². The summed E-state index contributed by atoms with van der Waals surface area (Å²) in [6, 6.07) is 13.9. The van der Waals surface area contributed by atoms with Gasteiger partial charge in [-0.2, -0.15) is 0 Å². The molecule has 0 bridgehead atoms. The highest BCUT2D eigenvalue weighted by Gasteiger charge is 2.24. The molecule has 3 rings (SSSR count). The highest BCUT2D eigenvalue weighted by atomic mass is 32.2. The smallest absolute Gasteiger partial charge is 0.254 e. The Hall–Kier alpha value is -1.46. The van der Waals surface area contributed by atoms with Crippen LogP contribution < -0.4 is 0 Å². The van der Waals surface area contributed by atoms with Crippen LogP contribution in [0, 0.1) is 5.92 Å². The Bertz CT molecular complexity index is 670. The monoisotopic (exact) mass is 358 g/mol. The van der Waals surface area contributed by atoms with E-state index >= 15 is 0 Å². The van der Waals surface area contributed by atoms with Crippen molar-refractivity contribution in [2.24, 2.45) is 5.92 Å². The molecule has 0 N–H and O–H groups in total. The molecule has 0 atom stereocenters. The minimum absolute atomic E-state index is 0.177. The van der Waals surface area contributed by atoms with Crippen LogP contribution in [0.1, 0.15) is 23.2 Å². The minimum Gasteiger partial charge on any atom is -0.339 e. The first-order valence-corrected chi connectivity index (χ1v) is 10.4. The van der Waals surface area contributed by atoms with Crippen molar-refractivity contribution < 1.29 is 4.79 Å². The normalized spacial score (nSPS) is 15.5. The molecule has 0 saturated carbocycles. The van der Waals surface area contributed by atoms with Gasteiger partial charge >= 0.3 is 0 Å². The van der Waals surface area contributed by atoms with E-state index in [9.17, 15) is 4.79 Å². The topological polar surface area (TPSA) is 33.2 Å². The molecule has 126 valence electrons. The van der Waals surface area contributed by atoms with Crippen molar-refractivity contribution in [1.29, 1.82) is 0 Å². The first-order chi connectivity index (χ1) is 11.8. The van der Waals surface area contributed by atoms with Crippen molar-refractivity contribution in [3.05, 3.63) is 54.2 Å². The summed E-state index contributed by atoms with van der Waals surface area (Å²) in [7, 11) is 0. The van der Waals surface area contributed by atoms with Gasteiger partial charge in [-0.1, -0.05) is 18.2 Å². The molecule has 2 heterocycles. The van der Waals surface area contributed by atoms with Crippen molar-refractivity contribution in [3.63, 3.8) is 0 Å². The molecule has 0 spiro atoms. The summed E-state index contributed by atoms with van der Waals surface area (Å²) >= 11 is 3.46. The van der Waals surface area contributed by atoms with Crippen molar-refractivity contribution in [2.75, 3.05) is 25.1 Å². The second kappa shape index (κ2) is 8.58. The first-order valence-electron chi connectivity index (χ1n) is 8.24. The van der Waals surface area contributed by atoms with Crippen LogP contribution in [-0.2, 0) is 0 Å².